The third-order valence-electron chi connectivity index (χ3n) is 5.72. The zero-order chi connectivity index (χ0) is 23.8. The fourth-order valence-electron chi connectivity index (χ4n) is 3.96. The van der Waals surface area contributed by atoms with Gasteiger partial charge in [-0.3, -0.25) is 9.36 Å². The Labute approximate surface area is 206 Å². The number of thiophene rings is 1. The van der Waals surface area contributed by atoms with Crippen molar-refractivity contribution in [3.63, 3.8) is 0 Å². The van der Waals surface area contributed by atoms with Crippen molar-refractivity contribution in [2.45, 2.75) is 18.0 Å². The first-order valence-corrected chi connectivity index (χ1v) is 12.3. The summed E-state index contributed by atoms with van der Waals surface area (Å²) < 4.78 is 8.00. The van der Waals surface area contributed by atoms with E-state index in [-0.39, 0.29) is 11.5 Å². The first-order valence-electron chi connectivity index (χ1n) is 10.6. The highest BCUT2D eigenvalue weighted by Gasteiger charge is 2.22. The SMILES string of the molecule is Cn1c(=O)n(C(Br)Cc2c[nH]c3ccccc23)c(=O)c2cc(C(=O)OCc3ccccc3)sc21. The van der Waals surface area contributed by atoms with Crippen LogP contribution in [0.3, 0.4) is 0 Å². The van der Waals surface area contributed by atoms with Gasteiger partial charge in [-0.05, 0) is 23.3 Å². The van der Waals surface area contributed by atoms with Crippen LogP contribution in [0.5, 0.6) is 0 Å². The second kappa shape index (κ2) is 9.08. The normalized spacial score (nSPS) is 12.3. The van der Waals surface area contributed by atoms with E-state index in [9.17, 15) is 14.4 Å². The molecule has 0 spiro atoms. The van der Waals surface area contributed by atoms with Crippen LogP contribution in [0.25, 0.3) is 21.1 Å². The number of nitrogens with zero attached hydrogens (tertiary/aromatic N) is 2. The number of halogens is 1. The number of hydrogen-bond acceptors (Lipinski definition) is 5. The summed E-state index contributed by atoms with van der Waals surface area (Å²) >= 11 is 4.63. The van der Waals surface area contributed by atoms with Gasteiger partial charge in [0.25, 0.3) is 5.56 Å². The van der Waals surface area contributed by atoms with Crippen molar-refractivity contribution in [1.29, 1.82) is 0 Å². The second-order valence-corrected chi connectivity index (χ2v) is 9.99. The molecule has 0 aliphatic rings. The van der Waals surface area contributed by atoms with Gasteiger partial charge in [-0.25, -0.2) is 14.2 Å². The molecule has 172 valence electrons. The number of carbonyl (C=O) groups excluding carboxylic acids is 1. The number of aryl methyl sites for hydroxylation is 1. The number of carbonyl (C=O) groups is 1. The maximum Gasteiger partial charge on any atom is 0.348 e. The molecule has 3 aromatic heterocycles. The highest BCUT2D eigenvalue weighted by atomic mass is 79.9. The van der Waals surface area contributed by atoms with E-state index in [1.54, 1.807) is 7.05 Å². The summed E-state index contributed by atoms with van der Waals surface area (Å²) in [6, 6.07) is 18.7. The molecule has 0 saturated carbocycles. The molecule has 2 aromatic carbocycles. The van der Waals surface area contributed by atoms with Crippen molar-refractivity contribution in [3.05, 3.63) is 104 Å². The fraction of sp³-hybridized carbons (Fsp3) is 0.160. The Morgan fingerprint density at radius 2 is 1.82 bits per heavy atom. The number of fused-ring (bicyclic) bond motifs is 2. The summed E-state index contributed by atoms with van der Waals surface area (Å²) in [7, 11) is 1.60. The number of benzene rings is 2. The minimum absolute atomic E-state index is 0.130. The van der Waals surface area contributed by atoms with E-state index in [0.29, 0.717) is 16.6 Å². The van der Waals surface area contributed by atoms with E-state index in [0.717, 1.165) is 33.4 Å². The number of rotatable bonds is 6. The third kappa shape index (κ3) is 4.01. The minimum atomic E-state index is -0.560. The molecule has 0 bridgehead atoms. The Hall–Kier alpha value is -3.43. The summed E-state index contributed by atoms with van der Waals surface area (Å²) in [4.78, 5) is 42.4. The summed E-state index contributed by atoms with van der Waals surface area (Å²) in [5.74, 6) is -0.530. The molecular formula is C25H20BrN3O4S. The molecule has 0 amide bonds. The molecule has 9 heteroatoms. The van der Waals surface area contributed by atoms with Crippen LogP contribution >= 0.6 is 27.3 Å². The molecule has 0 radical (unpaired) electrons. The molecule has 5 aromatic rings. The van der Waals surface area contributed by atoms with Gasteiger partial charge >= 0.3 is 11.7 Å². The van der Waals surface area contributed by atoms with Gasteiger partial charge < -0.3 is 9.72 Å². The van der Waals surface area contributed by atoms with Crippen LogP contribution in [0.4, 0.5) is 0 Å². The Bertz CT molecular complexity index is 1630. The Kier molecular flexibility index (Phi) is 5.97. The largest absolute Gasteiger partial charge is 0.457 e. The van der Waals surface area contributed by atoms with Crippen molar-refractivity contribution in [1.82, 2.24) is 14.1 Å². The van der Waals surface area contributed by atoms with Crippen molar-refractivity contribution < 1.29 is 9.53 Å². The molecule has 7 nitrogen and oxygen atoms in total. The van der Waals surface area contributed by atoms with E-state index in [1.165, 1.54) is 15.2 Å². The first kappa shape index (κ1) is 22.4. The quantitative estimate of drug-likeness (QED) is 0.250. The molecule has 0 fully saturated rings. The lowest BCUT2D eigenvalue weighted by Crippen LogP contribution is -2.40. The summed E-state index contributed by atoms with van der Waals surface area (Å²) in [5.41, 5.74) is 1.95. The van der Waals surface area contributed by atoms with Gasteiger partial charge in [-0.2, -0.15) is 0 Å². The highest BCUT2D eigenvalue weighted by Crippen LogP contribution is 2.27. The second-order valence-electron chi connectivity index (χ2n) is 7.91. The number of aromatic amines is 1. The maximum absolute atomic E-state index is 13.3. The number of alkyl halides is 1. The number of nitrogens with one attached hydrogen (secondary N) is 1. The molecule has 1 N–H and O–H groups in total. The van der Waals surface area contributed by atoms with E-state index in [1.807, 2.05) is 60.8 Å². The van der Waals surface area contributed by atoms with E-state index in [4.69, 9.17) is 4.74 Å². The van der Waals surface area contributed by atoms with Gasteiger partial charge in [0, 0.05) is 30.6 Å². The minimum Gasteiger partial charge on any atom is -0.457 e. The molecule has 3 heterocycles. The van der Waals surface area contributed by atoms with Gasteiger partial charge in [0.15, 0.2) is 0 Å². The van der Waals surface area contributed by atoms with Crippen LogP contribution in [0, 0.1) is 0 Å². The molecule has 34 heavy (non-hydrogen) atoms. The Morgan fingerprint density at radius 1 is 1.09 bits per heavy atom. The van der Waals surface area contributed by atoms with Crippen molar-refractivity contribution in [2.24, 2.45) is 7.05 Å². The van der Waals surface area contributed by atoms with Crippen LogP contribution in [0.1, 0.15) is 25.7 Å². The average Bonchev–Trinajstić information content (AvgIpc) is 3.47. The third-order valence-corrected chi connectivity index (χ3v) is 7.64. The van der Waals surface area contributed by atoms with Gasteiger partial charge in [-0.15, -0.1) is 11.3 Å². The Morgan fingerprint density at radius 3 is 2.62 bits per heavy atom. The monoisotopic (exact) mass is 537 g/mol. The van der Waals surface area contributed by atoms with Crippen LogP contribution in [0.15, 0.2) is 76.4 Å². The van der Waals surface area contributed by atoms with Crippen molar-refractivity contribution >= 4 is 54.4 Å². The number of hydrogen-bond donors (Lipinski definition) is 1. The predicted molar refractivity (Wildman–Crippen MR) is 137 cm³/mol. The lowest BCUT2D eigenvalue weighted by molar-refractivity contribution is 0.0478. The fourth-order valence-corrected chi connectivity index (χ4v) is 5.67. The highest BCUT2D eigenvalue weighted by molar-refractivity contribution is 9.09. The van der Waals surface area contributed by atoms with Crippen molar-refractivity contribution in [3.8, 4) is 0 Å². The standard InChI is InChI=1S/C25H20BrN3O4S/c1-28-23-18(12-20(34-23)24(31)33-14-15-7-3-2-4-8-15)22(30)29(25(28)32)21(26)11-16-13-27-19-10-6-5-9-17(16)19/h2-10,12-13,21,27H,11,14H2,1H3. The molecule has 1 unspecified atom stereocenters. The molecular weight excluding hydrogens is 518 g/mol. The summed E-state index contributed by atoms with van der Waals surface area (Å²) in [6.07, 6.45) is 2.32. The number of para-hydroxylation sites is 1. The van der Waals surface area contributed by atoms with Crippen LogP contribution in [-0.2, 0) is 24.8 Å². The topological polar surface area (TPSA) is 86.1 Å². The Balaban J connectivity index is 1.47. The predicted octanol–water partition coefficient (Wildman–Crippen LogP) is 4.74. The average molecular weight is 538 g/mol. The molecule has 0 aliphatic heterocycles. The zero-order valence-electron chi connectivity index (χ0n) is 18.2. The number of esters is 1. The van der Waals surface area contributed by atoms with Crippen LogP contribution in [-0.4, -0.2) is 20.1 Å². The van der Waals surface area contributed by atoms with Gasteiger partial charge in [-0.1, -0.05) is 64.5 Å². The first-order chi connectivity index (χ1) is 16.4. The van der Waals surface area contributed by atoms with Crippen molar-refractivity contribution in [2.75, 3.05) is 0 Å². The van der Waals surface area contributed by atoms with E-state index in [2.05, 4.69) is 20.9 Å². The smallest absolute Gasteiger partial charge is 0.348 e. The van der Waals surface area contributed by atoms with E-state index < -0.39 is 22.2 Å². The van der Waals surface area contributed by atoms with E-state index >= 15 is 0 Å². The number of ether oxygens (including phenoxy) is 1. The summed E-state index contributed by atoms with van der Waals surface area (Å²) in [6.45, 7) is 0.130. The van der Waals surface area contributed by atoms with Crippen LogP contribution in [0.2, 0.25) is 0 Å². The molecule has 1 atom stereocenters. The molecule has 0 saturated heterocycles. The van der Waals surface area contributed by atoms with Crippen LogP contribution < -0.4 is 11.2 Å². The lowest BCUT2D eigenvalue weighted by Gasteiger charge is -2.14. The molecule has 0 aliphatic carbocycles. The van der Waals surface area contributed by atoms with Gasteiger partial charge in [0.2, 0.25) is 0 Å². The van der Waals surface area contributed by atoms with Gasteiger partial charge in [0.05, 0.1) is 5.39 Å². The summed E-state index contributed by atoms with van der Waals surface area (Å²) in [5, 5.41) is 1.35. The molecule has 5 rings (SSSR count). The number of aromatic nitrogens is 3. The zero-order valence-corrected chi connectivity index (χ0v) is 20.6. The maximum atomic E-state index is 13.3. The lowest BCUT2D eigenvalue weighted by atomic mass is 10.1. The number of H-pyrrole nitrogens is 1. The van der Waals surface area contributed by atoms with Gasteiger partial charge in [0.1, 0.15) is 21.3 Å².